The Bertz CT molecular complexity index is 93.7. The summed E-state index contributed by atoms with van der Waals surface area (Å²) in [5.74, 6) is 0. The van der Waals surface area contributed by atoms with Crippen molar-refractivity contribution in [2.75, 3.05) is 26.2 Å². The van der Waals surface area contributed by atoms with E-state index in [9.17, 15) is 0 Å². The summed E-state index contributed by atoms with van der Waals surface area (Å²) in [5.41, 5.74) is 0. The second-order valence-corrected chi connectivity index (χ2v) is 3.02. The molecule has 2 heteroatoms. The summed E-state index contributed by atoms with van der Waals surface area (Å²) in [6.45, 7) is 8.97. The molecule has 1 N–H and O–H groups in total. The van der Waals surface area contributed by atoms with Crippen LogP contribution < -0.4 is 5.32 Å². The molecule has 2 fully saturated rings. The molecule has 11 heavy (non-hydrogen) atoms. The Labute approximate surface area is 70.0 Å². The van der Waals surface area contributed by atoms with E-state index in [0.717, 1.165) is 6.04 Å². The molecule has 0 amide bonds. The van der Waals surface area contributed by atoms with Gasteiger partial charge in [0.15, 0.2) is 0 Å². The molecule has 0 radical (unpaired) electrons. The van der Waals surface area contributed by atoms with Crippen LogP contribution in [0.1, 0.15) is 26.7 Å². The van der Waals surface area contributed by atoms with Gasteiger partial charge in [0.2, 0.25) is 0 Å². The third-order valence-corrected chi connectivity index (χ3v) is 2.21. The normalized spacial score (nSPS) is 25.6. The first-order valence-electron chi connectivity index (χ1n) is 4.91. The molecule has 66 valence electrons. The number of piperazine rings is 1. The van der Waals surface area contributed by atoms with Crippen molar-refractivity contribution in [1.82, 2.24) is 10.2 Å². The van der Waals surface area contributed by atoms with Gasteiger partial charge in [0.05, 0.1) is 0 Å². The molecule has 0 unspecified atom stereocenters. The predicted octanol–water partition coefficient (Wildman–Crippen LogP) is 1.08. The molecule has 1 aliphatic carbocycles. The molecule has 0 spiro atoms. The summed E-state index contributed by atoms with van der Waals surface area (Å²) in [6, 6.07) is 0.979. The van der Waals surface area contributed by atoms with Crippen molar-refractivity contribution in [2.24, 2.45) is 0 Å². The van der Waals surface area contributed by atoms with Crippen molar-refractivity contribution < 1.29 is 0 Å². The lowest BCUT2D eigenvalue weighted by atomic mass is 10.3. The lowest BCUT2D eigenvalue weighted by Gasteiger charge is -2.26. The molecule has 1 saturated heterocycles. The van der Waals surface area contributed by atoms with Gasteiger partial charge in [-0.1, -0.05) is 13.8 Å². The highest BCUT2D eigenvalue weighted by atomic mass is 15.2. The van der Waals surface area contributed by atoms with E-state index in [4.69, 9.17) is 0 Å². The van der Waals surface area contributed by atoms with E-state index >= 15 is 0 Å². The first-order chi connectivity index (χ1) is 5.47. The average Bonchev–Trinajstić information content (AvgIpc) is 2.92. The summed E-state index contributed by atoms with van der Waals surface area (Å²) in [4.78, 5) is 2.61. The van der Waals surface area contributed by atoms with Crippen molar-refractivity contribution in [2.45, 2.75) is 32.7 Å². The van der Waals surface area contributed by atoms with Crippen molar-refractivity contribution >= 4 is 0 Å². The minimum atomic E-state index is 0.979. The van der Waals surface area contributed by atoms with Gasteiger partial charge in [-0.2, -0.15) is 0 Å². The molecule has 0 bridgehead atoms. The number of rotatable bonds is 1. The Hall–Kier alpha value is -0.0800. The maximum absolute atomic E-state index is 3.36. The van der Waals surface area contributed by atoms with Gasteiger partial charge in [0.1, 0.15) is 0 Å². The van der Waals surface area contributed by atoms with Gasteiger partial charge in [-0.15, -0.1) is 0 Å². The van der Waals surface area contributed by atoms with Crippen molar-refractivity contribution in [1.29, 1.82) is 0 Å². The largest absolute Gasteiger partial charge is 0.314 e. The predicted molar refractivity (Wildman–Crippen MR) is 48.8 cm³/mol. The molecular formula is C9H20N2. The Kier molecular flexibility index (Phi) is 3.87. The first-order valence-corrected chi connectivity index (χ1v) is 4.91. The zero-order valence-electron chi connectivity index (χ0n) is 7.77. The molecule has 1 heterocycles. The standard InChI is InChI=1S/C7H14N2.C2H6/c1-2-7(1)9-5-3-8-4-6-9;1-2/h7-8H,1-6H2;1-2H3. The Balaban J connectivity index is 0.000000281. The van der Waals surface area contributed by atoms with Gasteiger partial charge in [-0.25, -0.2) is 0 Å². The molecule has 0 atom stereocenters. The molecule has 0 aromatic heterocycles. The second kappa shape index (κ2) is 4.73. The lowest BCUT2D eigenvalue weighted by molar-refractivity contribution is 0.231. The average molecular weight is 156 g/mol. The fourth-order valence-electron chi connectivity index (χ4n) is 1.49. The highest BCUT2D eigenvalue weighted by Crippen LogP contribution is 2.26. The van der Waals surface area contributed by atoms with Gasteiger partial charge in [0, 0.05) is 32.2 Å². The molecular weight excluding hydrogens is 136 g/mol. The zero-order chi connectivity index (χ0) is 8.10. The van der Waals surface area contributed by atoms with Gasteiger partial charge in [-0.05, 0) is 12.8 Å². The van der Waals surface area contributed by atoms with Crippen LogP contribution in [0.25, 0.3) is 0 Å². The minimum Gasteiger partial charge on any atom is -0.314 e. The van der Waals surface area contributed by atoms with Crippen LogP contribution in [0.5, 0.6) is 0 Å². The zero-order valence-corrected chi connectivity index (χ0v) is 7.77. The first kappa shape index (κ1) is 9.01. The third-order valence-electron chi connectivity index (χ3n) is 2.21. The number of hydrogen-bond donors (Lipinski definition) is 1. The number of nitrogens with one attached hydrogen (secondary N) is 1. The number of hydrogen-bond acceptors (Lipinski definition) is 2. The molecule has 2 rings (SSSR count). The molecule has 0 aromatic rings. The summed E-state index contributed by atoms with van der Waals surface area (Å²) in [5, 5.41) is 3.36. The van der Waals surface area contributed by atoms with E-state index in [0.29, 0.717) is 0 Å². The van der Waals surface area contributed by atoms with E-state index in [1.165, 1.54) is 39.0 Å². The summed E-state index contributed by atoms with van der Waals surface area (Å²) >= 11 is 0. The van der Waals surface area contributed by atoms with Crippen LogP contribution in [0.3, 0.4) is 0 Å². The highest BCUT2D eigenvalue weighted by Gasteiger charge is 2.28. The maximum atomic E-state index is 3.36. The Morgan fingerprint density at radius 2 is 1.64 bits per heavy atom. The summed E-state index contributed by atoms with van der Waals surface area (Å²) in [7, 11) is 0. The van der Waals surface area contributed by atoms with Crippen LogP contribution in [0.15, 0.2) is 0 Å². The van der Waals surface area contributed by atoms with E-state index in [1.54, 1.807) is 0 Å². The van der Waals surface area contributed by atoms with Crippen LogP contribution in [-0.4, -0.2) is 37.1 Å². The molecule has 0 aromatic carbocycles. The van der Waals surface area contributed by atoms with Gasteiger partial charge < -0.3 is 5.32 Å². The van der Waals surface area contributed by atoms with E-state index in [1.807, 2.05) is 13.8 Å². The number of nitrogens with zero attached hydrogens (tertiary/aromatic N) is 1. The van der Waals surface area contributed by atoms with E-state index in [2.05, 4.69) is 10.2 Å². The Morgan fingerprint density at radius 3 is 2.09 bits per heavy atom. The molecule has 2 aliphatic rings. The monoisotopic (exact) mass is 156 g/mol. The van der Waals surface area contributed by atoms with Crippen LogP contribution >= 0.6 is 0 Å². The van der Waals surface area contributed by atoms with Crippen molar-refractivity contribution in [3.05, 3.63) is 0 Å². The smallest absolute Gasteiger partial charge is 0.0110 e. The van der Waals surface area contributed by atoms with Crippen LogP contribution in [0.4, 0.5) is 0 Å². The fraction of sp³-hybridized carbons (Fsp3) is 1.00. The van der Waals surface area contributed by atoms with Gasteiger partial charge in [-0.3, -0.25) is 4.90 Å². The highest BCUT2D eigenvalue weighted by molar-refractivity contribution is 4.86. The van der Waals surface area contributed by atoms with Crippen molar-refractivity contribution in [3.8, 4) is 0 Å². The van der Waals surface area contributed by atoms with Crippen LogP contribution in [-0.2, 0) is 0 Å². The lowest BCUT2D eigenvalue weighted by Crippen LogP contribution is -2.44. The SMILES string of the molecule is C1CN(C2CC2)CCN1.CC. The van der Waals surface area contributed by atoms with Gasteiger partial charge >= 0.3 is 0 Å². The summed E-state index contributed by atoms with van der Waals surface area (Å²) < 4.78 is 0. The Morgan fingerprint density at radius 1 is 1.09 bits per heavy atom. The summed E-state index contributed by atoms with van der Waals surface area (Å²) in [6.07, 6.45) is 2.92. The third kappa shape index (κ3) is 2.80. The fourth-order valence-corrected chi connectivity index (χ4v) is 1.49. The van der Waals surface area contributed by atoms with E-state index < -0.39 is 0 Å². The van der Waals surface area contributed by atoms with Crippen LogP contribution in [0.2, 0.25) is 0 Å². The second-order valence-electron chi connectivity index (χ2n) is 3.02. The van der Waals surface area contributed by atoms with Crippen molar-refractivity contribution in [3.63, 3.8) is 0 Å². The quantitative estimate of drug-likeness (QED) is 0.611. The molecule has 1 aliphatic heterocycles. The van der Waals surface area contributed by atoms with Crippen LogP contribution in [0, 0.1) is 0 Å². The van der Waals surface area contributed by atoms with E-state index in [-0.39, 0.29) is 0 Å². The maximum Gasteiger partial charge on any atom is 0.0110 e. The molecule has 2 nitrogen and oxygen atoms in total. The molecule has 1 saturated carbocycles. The minimum absolute atomic E-state index is 0.979. The topological polar surface area (TPSA) is 15.3 Å². The van der Waals surface area contributed by atoms with Gasteiger partial charge in [0.25, 0.3) is 0 Å².